The Morgan fingerprint density at radius 1 is 1.43 bits per heavy atom. The molecule has 0 unspecified atom stereocenters. The van der Waals surface area contributed by atoms with Crippen molar-refractivity contribution in [3.8, 4) is 18.4 Å². The lowest BCUT2D eigenvalue weighted by atomic mass is 10.1. The van der Waals surface area contributed by atoms with Crippen molar-refractivity contribution in [3.63, 3.8) is 0 Å². The molecule has 74 valence electrons. The van der Waals surface area contributed by atoms with E-state index in [1.807, 2.05) is 0 Å². The fourth-order valence-electron chi connectivity index (χ4n) is 0.577. The Morgan fingerprint density at radius 2 is 2.00 bits per heavy atom. The van der Waals surface area contributed by atoms with Gasteiger partial charge in [-0.05, 0) is 13.8 Å². The molecule has 2 N–H and O–H groups in total. The van der Waals surface area contributed by atoms with Crippen LogP contribution in [0.25, 0.3) is 0 Å². The van der Waals surface area contributed by atoms with Crippen LogP contribution in [0.5, 0.6) is 0 Å². The highest BCUT2D eigenvalue weighted by Gasteiger charge is 2.21. The van der Waals surface area contributed by atoms with Gasteiger partial charge in [-0.25, -0.2) is 0 Å². The average molecular weight is 193 g/mol. The number of nitrogens with zero attached hydrogens (tertiary/aromatic N) is 1. The predicted molar refractivity (Wildman–Crippen MR) is 49.7 cm³/mol. The molecule has 2 amide bonds. The van der Waals surface area contributed by atoms with Crippen molar-refractivity contribution in [2.75, 3.05) is 6.54 Å². The minimum Gasteiger partial charge on any atom is -0.335 e. The molecular weight excluding hydrogens is 182 g/mol. The molecule has 0 rings (SSSR count). The number of hydrogen-bond acceptors (Lipinski definition) is 3. The smallest absolute Gasteiger partial charge is 0.310 e. The van der Waals surface area contributed by atoms with E-state index < -0.39 is 17.4 Å². The number of terminal acetylenes is 1. The number of nitrogens with one attached hydrogen (secondary N) is 2. The summed E-state index contributed by atoms with van der Waals surface area (Å²) in [6.07, 6.45) is 5.11. The fourth-order valence-corrected chi connectivity index (χ4v) is 0.577. The Kier molecular flexibility index (Phi) is 4.18. The third-order valence-corrected chi connectivity index (χ3v) is 1.32. The molecule has 0 spiro atoms. The summed E-state index contributed by atoms with van der Waals surface area (Å²) in [4.78, 5) is 22.0. The van der Waals surface area contributed by atoms with Crippen LogP contribution in [-0.2, 0) is 9.59 Å². The SMILES string of the molecule is C#CC(C)(C)NC(=O)C(=O)NCC#N. The zero-order valence-electron chi connectivity index (χ0n) is 8.05. The van der Waals surface area contributed by atoms with Crippen LogP contribution in [0.15, 0.2) is 0 Å². The van der Waals surface area contributed by atoms with Crippen LogP contribution in [-0.4, -0.2) is 23.9 Å². The van der Waals surface area contributed by atoms with Gasteiger partial charge in [-0.2, -0.15) is 5.26 Å². The Balaban J connectivity index is 4.18. The number of nitriles is 1. The molecule has 0 bridgehead atoms. The highest BCUT2D eigenvalue weighted by atomic mass is 16.2. The van der Waals surface area contributed by atoms with Crippen molar-refractivity contribution in [1.82, 2.24) is 10.6 Å². The normalized spacial score (nSPS) is 9.43. The second-order valence-electron chi connectivity index (χ2n) is 3.06. The zero-order valence-corrected chi connectivity index (χ0v) is 8.05. The summed E-state index contributed by atoms with van der Waals surface area (Å²) in [6.45, 7) is 2.97. The number of rotatable bonds is 2. The lowest BCUT2D eigenvalue weighted by Gasteiger charge is -2.18. The number of hydrogen-bond donors (Lipinski definition) is 2. The Labute approximate surface area is 82.5 Å². The van der Waals surface area contributed by atoms with E-state index in [9.17, 15) is 9.59 Å². The van der Waals surface area contributed by atoms with Crippen LogP contribution >= 0.6 is 0 Å². The van der Waals surface area contributed by atoms with E-state index in [0.717, 1.165) is 0 Å². The fraction of sp³-hybridized carbons (Fsp3) is 0.444. The first-order valence-electron chi connectivity index (χ1n) is 3.88. The molecule has 0 aliphatic heterocycles. The molecule has 0 aliphatic carbocycles. The quantitative estimate of drug-likeness (QED) is 0.340. The van der Waals surface area contributed by atoms with Gasteiger partial charge >= 0.3 is 11.8 Å². The first-order chi connectivity index (χ1) is 6.43. The van der Waals surface area contributed by atoms with Gasteiger partial charge in [-0.15, -0.1) is 6.42 Å². The maximum atomic E-state index is 11.1. The molecule has 0 aromatic rings. The summed E-state index contributed by atoms with van der Waals surface area (Å²) in [5, 5.41) is 12.6. The van der Waals surface area contributed by atoms with E-state index in [0.29, 0.717) is 0 Å². The molecule has 0 heterocycles. The van der Waals surface area contributed by atoms with E-state index >= 15 is 0 Å². The van der Waals surface area contributed by atoms with E-state index in [2.05, 4.69) is 16.6 Å². The highest BCUT2D eigenvalue weighted by molar-refractivity contribution is 6.35. The summed E-state index contributed by atoms with van der Waals surface area (Å²) >= 11 is 0. The molecule has 5 nitrogen and oxygen atoms in total. The van der Waals surface area contributed by atoms with Crippen LogP contribution in [0, 0.1) is 23.7 Å². The lowest BCUT2D eigenvalue weighted by Crippen LogP contribution is -2.49. The Morgan fingerprint density at radius 3 is 2.43 bits per heavy atom. The van der Waals surface area contributed by atoms with Crippen LogP contribution in [0.3, 0.4) is 0 Å². The van der Waals surface area contributed by atoms with Crippen LogP contribution in [0.2, 0.25) is 0 Å². The predicted octanol–water partition coefficient (Wildman–Crippen LogP) is -0.846. The van der Waals surface area contributed by atoms with Crippen molar-refractivity contribution in [2.45, 2.75) is 19.4 Å². The molecule has 0 radical (unpaired) electrons. The summed E-state index contributed by atoms with van der Waals surface area (Å²) in [7, 11) is 0. The van der Waals surface area contributed by atoms with Crippen molar-refractivity contribution < 1.29 is 9.59 Å². The van der Waals surface area contributed by atoms with Crippen molar-refractivity contribution in [1.29, 1.82) is 5.26 Å². The first kappa shape index (κ1) is 12.0. The largest absolute Gasteiger partial charge is 0.335 e. The van der Waals surface area contributed by atoms with E-state index in [1.54, 1.807) is 19.9 Å². The Hall–Kier alpha value is -2.01. The summed E-state index contributed by atoms with van der Waals surface area (Å²) in [5.41, 5.74) is -0.874. The first-order valence-corrected chi connectivity index (χ1v) is 3.88. The van der Waals surface area contributed by atoms with Crippen molar-refractivity contribution >= 4 is 11.8 Å². The monoisotopic (exact) mass is 193 g/mol. The molecule has 0 atom stereocenters. The molecule has 5 heteroatoms. The molecule has 14 heavy (non-hydrogen) atoms. The van der Waals surface area contributed by atoms with Gasteiger partial charge < -0.3 is 10.6 Å². The molecule has 0 aliphatic rings. The lowest BCUT2D eigenvalue weighted by molar-refractivity contribution is -0.139. The van der Waals surface area contributed by atoms with Gasteiger partial charge in [0.25, 0.3) is 0 Å². The second-order valence-corrected chi connectivity index (χ2v) is 3.06. The van der Waals surface area contributed by atoms with Gasteiger partial charge in [0.15, 0.2) is 0 Å². The van der Waals surface area contributed by atoms with Gasteiger partial charge in [0, 0.05) is 0 Å². The van der Waals surface area contributed by atoms with Crippen molar-refractivity contribution in [3.05, 3.63) is 0 Å². The minimum absolute atomic E-state index is 0.206. The zero-order chi connectivity index (χ0) is 11.2. The summed E-state index contributed by atoms with van der Waals surface area (Å²) < 4.78 is 0. The summed E-state index contributed by atoms with van der Waals surface area (Å²) in [6, 6.07) is 1.68. The third-order valence-electron chi connectivity index (χ3n) is 1.32. The number of carbonyl (C=O) groups is 2. The standard InChI is InChI=1S/C9H11N3O2/c1-4-9(2,3)12-8(14)7(13)11-6-5-10/h1H,6H2,2-3H3,(H,11,13)(H,12,14). The van der Waals surface area contributed by atoms with Gasteiger partial charge in [-0.1, -0.05) is 5.92 Å². The number of amides is 2. The maximum Gasteiger partial charge on any atom is 0.310 e. The van der Waals surface area contributed by atoms with E-state index in [4.69, 9.17) is 11.7 Å². The van der Waals surface area contributed by atoms with Gasteiger partial charge in [0.05, 0.1) is 11.6 Å². The number of carbonyl (C=O) groups excluding carboxylic acids is 2. The van der Waals surface area contributed by atoms with Crippen LogP contribution < -0.4 is 10.6 Å². The Bertz CT molecular complexity index is 320. The van der Waals surface area contributed by atoms with Crippen LogP contribution in [0.4, 0.5) is 0 Å². The molecule has 0 aromatic carbocycles. The van der Waals surface area contributed by atoms with Gasteiger partial charge in [-0.3, -0.25) is 9.59 Å². The van der Waals surface area contributed by atoms with Gasteiger partial charge in [0.2, 0.25) is 0 Å². The van der Waals surface area contributed by atoms with E-state index in [-0.39, 0.29) is 6.54 Å². The highest BCUT2D eigenvalue weighted by Crippen LogP contribution is 1.97. The van der Waals surface area contributed by atoms with Crippen LogP contribution in [0.1, 0.15) is 13.8 Å². The topological polar surface area (TPSA) is 82.0 Å². The molecule has 0 saturated carbocycles. The summed E-state index contributed by atoms with van der Waals surface area (Å²) in [5.74, 6) is 0.596. The second kappa shape index (κ2) is 4.88. The van der Waals surface area contributed by atoms with Gasteiger partial charge in [0.1, 0.15) is 6.54 Å². The molecule has 0 aromatic heterocycles. The van der Waals surface area contributed by atoms with E-state index in [1.165, 1.54) is 0 Å². The third kappa shape index (κ3) is 4.13. The molecular formula is C9H11N3O2. The molecule has 0 fully saturated rings. The maximum absolute atomic E-state index is 11.1. The minimum atomic E-state index is -0.874. The average Bonchev–Trinajstić information content (AvgIpc) is 2.13. The molecule has 0 saturated heterocycles. The van der Waals surface area contributed by atoms with Crippen molar-refractivity contribution in [2.24, 2.45) is 0 Å².